The lowest BCUT2D eigenvalue weighted by Gasteiger charge is -2.08. The van der Waals surface area contributed by atoms with Gasteiger partial charge < -0.3 is 15.6 Å². The van der Waals surface area contributed by atoms with Crippen molar-refractivity contribution in [3.05, 3.63) is 23.5 Å². The summed E-state index contributed by atoms with van der Waals surface area (Å²) in [4.78, 5) is 15.6. The van der Waals surface area contributed by atoms with Gasteiger partial charge in [-0.2, -0.15) is 0 Å². The van der Waals surface area contributed by atoms with E-state index >= 15 is 0 Å². The lowest BCUT2D eigenvalue weighted by Crippen LogP contribution is -2.12. The Morgan fingerprint density at radius 2 is 2.38 bits per heavy atom. The number of nitrogens with zero attached hydrogens (tertiary/aromatic N) is 1. The van der Waals surface area contributed by atoms with Crippen molar-refractivity contribution in [1.29, 1.82) is 0 Å². The van der Waals surface area contributed by atoms with Crippen molar-refractivity contribution in [2.75, 3.05) is 12.3 Å². The van der Waals surface area contributed by atoms with E-state index in [-0.39, 0.29) is 6.61 Å². The van der Waals surface area contributed by atoms with Gasteiger partial charge in [0.15, 0.2) is 0 Å². The highest BCUT2D eigenvalue weighted by Gasteiger charge is 2.12. The van der Waals surface area contributed by atoms with E-state index in [1.54, 1.807) is 13.8 Å². The molecule has 0 aromatic carbocycles. The first kappa shape index (κ1) is 12.4. The van der Waals surface area contributed by atoms with E-state index in [1.807, 2.05) is 0 Å². The van der Waals surface area contributed by atoms with Crippen LogP contribution in [-0.4, -0.2) is 28.8 Å². The number of anilines is 1. The number of esters is 1. The number of aliphatic hydroxyl groups excluding tert-OH is 1. The van der Waals surface area contributed by atoms with Crippen molar-refractivity contribution in [2.45, 2.75) is 26.4 Å². The molecule has 0 spiro atoms. The molecule has 1 aromatic heterocycles. The van der Waals surface area contributed by atoms with E-state index in [2.05, 4.69) is 4.98 Å². The first-order valence-electron chi connectivity index (χ1n) is 5.08. The Hall–Kier alpha value is -1.62. The van der Waals surface area contributed by atoms with E-state index < -0.39 is 12.1 Å². The van der Waals surface area contributed by atoms with Crippen LogP contribution in [0.4, 0.5) is 5.69 Å². The number of carbonyl (C=O) groups is 1. The van der Waals surface area contributed by atoms with E-state index in [0.29, 0.717) is 23.4 Å². The van der Waals surface area contributed by atoms with Crippen molar-refractivity contribution in [3.8, 4) is 0 Å². The van der Waals surface area contributed by atoms with Gasteiger partial charge in [-0.15, -0.1) is 0 Å². The average Bonchev–Trinajstić information content (AvgIpc) is 2.21. The number of hydrogen-bond donors (Lipinski definition) is 2. The van der Waals surface area contributed by atoms with E-state index in [1.165, 1.54) is 12.3 Å². The maximum Gasteiger partial charge on any atom is 0.340 e. The maximum atomic E-state index is 11.6. The van der Waals surface area contributed by atoms with Crippen LogP contribution in [0.15, 0.2) is 12.3 Å². The van der Waals surface area contributed by atoms with Crippen molar-refractivity contribution in [1.82, 2.24) is 4.98 Å². The van der Waals surface area contributed by atoms with E-state index in [9.17, 15) is 4.79 Å². The molecule has 88 valence electrons. The number of aliphatic hydroxyl groups is 1. The van der Waals surface area contributed by atoms with Crippen LogP contribution in [0, 0.1) is 6.92 Å². The first-order valence-corrected chi connectivity index (χ1v) is 5.08. The second-order valence-corrected chi connectivity index (χ2v) is 3.68. The molecule has 1 aromatic rings. The molecule has 1 atom stereocenters. The highest BCUT2D eigenvalue weighted by molar-refractivity contribution is 5.91. The number of pyridine rings is 1. The minimum absolute atomic E-state index is 0.185. The summed E-state index contributed by atoms with van der Waals surface area (Å²) < 4.78 is 4.98. The van der Waals surface area contributed by atoms with Gasteiger partial charge in [-0.05, 0) is 19.9 Å². The van der Waals surface area contributed by atoms with Crippen LogP contribution >= 0.6 is 0 Å². The van der Waals surface area contributed by atoms with Crippen molar-refractivity contribution >= 4 is 11.7 Å². The molecule has 0 fully saturated rings. The normalized spacial score (nSPS) is 12.2. The van der Waals surface area contributed by atoms with Crippen LogP contribution in [0.3, 0.4) is 0 Å². The van der Waals surface area contributed by atoms with Gasteiger partial charge in [0.05, 0.1) is 35.9 Å². The molecule has 1 unspecified atom stereocenters. The Balaban J connectivity index is 2.62. The molecule has 0 amide bonds. The number of aromatic nitrogens is 1. The van der Waals surface area contributed by atoms with Crippen LogP contribution in [0.2, 0.25) is 0 Å². The van der Waals surface area contributed by atoms with Gasteiger partial charge in [-0.3, -0.25) is 4.98 Å². The Labute approximate surface area is 94.2 Å². The molecule has 1 rings (SSSR count). The zero-order valence-electron chi connectivity index (χ0n) is 9.43. The second-order valence-electron chi connectivity index (χ2n) is 3.68. The van der Waals surface area contributed by atoms with Gasteiger partial charge in [0.1, 0.15) is 0 Å². The molecule has 0 saturated heterocycles. The second kappa shape index (κ2) is 5.46. The number of aryl methyl sites for hydroxylation is 1. The minimum atomic E-state index is -0.479. The number of nitrogen functional groups attached to an aromatic ring is 1. The summed E-state index contributed by atoms with van der Waals surface area (Å²) in [6, 6.07) is 1.53. The molecule has 0 aliphatic carbocycles. The number of carbonyl (C=O) groups excluding carboxylic acids is 1. The zero-order valence-corrected chi connectivity index (χ0v) is 9.43. The molecular formula is C11H16N2O3. The number of rotatable bonds is 4. The lowest BCUT2D eigenvalue weighted by atomic mass is 10.2. The van der Waals surface area contributed by atoms with Crippen LogP contribution < -0.4 is 5.73 Å². The summed E-state index contributed by atoms with van der Waals surface area (Å²) in [5.74, 6) is -0.460. The number of hydrogen-bond acceptors (Lipinski definition) is 5. The predicted molar refractivity (Wildman–Crippen MR) is 60.0 cm³/mol. The third-order valence-corrected chi connectivity index (χ3v) is 2.10. The fourth-order valence-corrected chi connectivity index (χ4v) is 1.16. The molecule has 1 heterocycles. The summed E-state index contributed by atoms with van der Waals surface area (Å²) >= 11 is 0. The molecular weight excluding hydrogens is 208 g/mol. The fourth-order valence-electron chi connectivity index (χ4n) is 1.16. The Morgan fingerprint density at radius 3 is 3.00 bits per heavy atom. The third kappa shape index (κ3) is 3.51. The Morgan fingerprint density at radius 1 is 1.69 bits per heavy atom. The van der Waals surface area contributed by atoms with Gasteiger partial charge in [-0.1, -0.05) is 0 Å². The van der Waals surface area contributed by atoms with Crippen molar-refractivity contribution in [3.63, 3.8) is 0 Å². The van der Waals surface area contributed by atoms with Crippen molar-refractivity contribution in [2.24, 2.45) is 0 Å². The predicted octanol–water partition coefficient (Wildman–Crippen LogP) is 0.900. The molecule has 0 aliphatic rings. The van der Waals surface area contributed by atoms with Crippen LogP contribution in [0.5, 0.6) is 0 Å². The zero-order chi connectivity index (χ0) is 12.1. The molecule has 5 nitrogen and oxygen atoms in total. The summed E-state index contributed by atoms with van der Waals surface area (Å²) in [5.41, 5.74) is 6.90. The Bertz CT molecular complexity index is 377. The highest BCUT2D eigenvalue weighted by Crippen LogP contribution is 2.11. The molecule has 0 aliphatic heterocycles. The van der Waals surface area contributed by atoms with Gasteiger partial charge in [0.2, 0.25) is 0 Å². The molecule has 0 saturated carbocycles. The molecule has 0 bridgehead atoms. The summed E-state index contributed by atoms with van der Waals surface area (Å²) in [7, 11) is 0. The van der Waals surface area contributed by atoms with Crippen LogP contribution in [0.1, 0.15) is 29.4 Å². The molecule has 16 heavy (non-hydrogen) atoms. The molecule has 0 radical (unpaired) electrons. The average molecular weight is 224 g/mol. The summed E-state index contributed by atoms with van der Waals surface area (Å²) in [6.07, 6.45) is 1.43. The maximum absolute atomic E-state index is 11.6. The smallest absolute Gasteiger partial charge is 0.340 e. The fraction of sp³-hybridized carbons (Fsp3) is 0.455. The SMILES string of the molecule is Cc1ncc(N)cc1C(=O)OCCC(C)O. The van der Waals surface area contributed by atoms with Gasteiger partial charge >= 0.3 is 5.97 Å². The number of ether oxygens (including phenoxy) is 1. The standard InChI is InChI=1S/C11H16N2O3/c1-7(14)3-4-16-11(15)10-5-9(12)6-13-8(10)2/h5-7,14H,3-4,12H2,1-2H3. The Kier molecular flexibility index (Phi) is 4.25. The monoisotopic (exact) mass is 224 g/mol. The van der Waals surface area contributed by atoms with Crippen LogP contribution in [0.25, 0.3) is 0 Å². The number of nitrogens with two attached hydrogens (primary N) is 1. The largest absolute Gasteiger partial charge is 0.462 e. The molecule has 3 N–H and O–H groups in total. The topological polar surface area (TPSA) is 85.4 Å². The minimum Gasteiger partial charge on any atom is -0.462 e. The lowest BCUT2D eigenvalue weighted by molar-refractivity contribution is 0.0443. The van der Waals surface area contributed by atoms with Gasteiger partial charge in [0, 0.05) is 6.42 Å². The highest BCUT2D eigenvalue weighted by atomic mass is 16.5. The van der Waals surface area contributed by atoms with Gasteiger partial charge in [-0.25, -0.2) is 4.79 Å². The summed E-state index contributed by atoms with van der Waals surface area (Å²) in [5, 5.41) is 9.01. The van der Waals surface area contributed by atoms with Crippen LogP contribution in [-0.2, 0) is 4.74 Å². The molecule has 5 heteroatoms. The van der Waals surface area contributed by atoms with E-state index in [4.69, 9.17) is 15.6 Å². The summed E-state index contributed by atoms with van der Waals surface area (Å²) in [6.45, 7) is 3.54. The van der Waals surface area contributed by atoms with E-state index in [0.717, 1.165) is 0 Å². The quantitative estimate of drug-likeness (QED) is 0.742. The van der Waals surface area contributed by atoms with Gasteiger partial charge in [0.25, 0.3) is 0 Å². The third-order valence-electron chi connectivity index (χ3n) is 2.10. The first-order chi connectivity index (χ1) is 7.50. The van der Waals surface area contributed by atoms with Crippen molar-refractivity contribution < 1.29 is 14.6 Å².